The van der Waals surface area contributed by atoms with E-state index in [9.17, 15) is 4.79 Å². The van der Waals surface area contributed by atoms with Crippen LogP contribution in [0, 0.1) is 0 Å². The van der Waals surface area contributed by atoms with E-state index in [1.165, 1.54) is 0 Å². The topological polar surface area (TPSA) is 59.6 Å². The first-order chi connectivity index (χ1) is 11.6. The van der Waals surface area contributed by atoms with Crippen LogP contribution in [0.2, 0.25) is 5.02 Å². The predicted octanol–water partition coefficient (Wildman–Crippen LogP) is 3.45. The monoisotopic (exact) mass is 344 g/mol. The molecule has 0 aromatic heterocycles. The summed E-state index contributed by atoms with van der Waals surface area (Å²) in [6.45, 7) is 2.14. The van der Waals surface area contributed by atoms with Crippen molar-refractivity contribution in [3.8, 4) is 11.5 Å². The van der Waals surface area contributed by atoms with Crippen LogP contribution in [0.1, 0.15) is 22.8 Å². The highest BCUT2D eigenvalue weighted by Crippen LogP contribution is 2.32. The third kappa shape index (κ3) is 3.81. The van der Waals surface area contributed by atoms with Gasteiger partial charge in [0.25, 0.3) is 5.91 Å². The molecule has 0 radical (unpaired) electrons. The molecule has 6 heteroatoms. The van der Waals surface area contributed by atoms with Gasteiger partial charge < -0.3 is 14.9 Å². The number of nitrogens with one attached hydrogen (secondary N) is 2. The highest BCUT2D eigenvalue weighted by atomic mass is 35.5. The zero-order valence-electron chi connectivity index (χ0n) is 13.1. The molecule has 124 valence electrons. The summed E-state index contributed by atoms with van der Waals surface area (Å²) in [6, 6.07) is 12.7. The second-order valence-corrected chi connectivity index (χ2v) is 5.75. The van der Waals surface area contributed by atoms with Crippen molar-refractivity contribution >= 4 is 17.5 Å². The fourth-order valence-corrected chi connectivity index (χ4v) is 2.48. The van der Waals surface area contributed by atoms with E-state index in [2.05, 4.69) is 10.9 Å². The number of carbonyl (C=O) groups is 1. The highest BCUT2D eigenvalue weighted by molar-refractivity contribution is 6.33. The average molecular weight is 345 g/mol. The third-order valence-corrected chi connectivity index (χ3v) is 3.90. The second-order valence-electron chi connectivity index (χ2n) is 5.34. The van der Waals surface area contributed by atoms with Gasteiger partial charge in [0, 0.05) is 5.70 Å². The van der Waals surface area contributed by atoms with Crippen LogP contribution < -0.4 is 20.3 Å². The molecule has 1 aliphatic heterocycles. The van der Waals surface area contributed by atoms with Gasteiger partial charge in [-0.25, -0.2) is 0 Å². The molecule has 0 unspecified atom stereocenters. The summed E-state index contributed by atoms with van der Waals surface area (Å²) in [6.07, 6.45) is 2.68. The van der Waals surface area contributed by atoms with Crippen molar-refractivity contribution < 1.29 is 14.3 Å². The lowest BCUT2D eigenvalue weighted by molar-refractivity contribution is 0.0939. The smallest absolute Gasteiger partial charge is 0.271 e. The zero-order valence-corrected chi connectivity index (χ0v) is 13.9. The number of allylic oxidation sites excluding steroid dienone is 2. The van der Waals surface area contributed by atoms with E-state index < -0.39 is 0 Å². The van der Waals surface area contributed by atoms with Gasteiger partial charge in [-0.2, -0.15) is 0 Å². The summed E-state index contributed by atoms with van der Waals surface area (Å²) < 4.78 is 10.6. The molecular formula is C18H17ClN2O3. The summed E-state index contributed by atoms with van der Waals surface area (Å²) in [5.41, 5.74) is 7.86. The van der Waals surface area contributed by atoms with Crippen molar-refractivity contribution in [1.29, 1.82) is 0 Å². The number of hydrogen-bond acceptors (Lipinski definition) is 4. The average Bonchev–Trinajstić information content (AvgIpc) is 3.06. The Kier molecular flexibility index (Phi) is 4.91. The predicted molar refractivity (Wildman–Crippen MR) is 92.1 cm³/mol. The van der Waals surface area contributed by atoms with E-state index in [4.69, 9.17) is 21.1 Å². The Bertz CT molecular complexity index is 790. The van der Waals surface area contributed by atoms with Gasteiger partial charge in [-0.3, -0.25) is 10.2 Å². The van der Waals surface area contributed by atoms with E-state index in [0.29, 0.717) is 17.0 Å². The van der Waals surface area contributed by atoms with Crippen molar-refractivity contribution in [3.05, 3.63) is 70.4 Å². The van der Waals surface area contributed by atoms with E-state index in [-0.39, 0.29) is 12.7 Å². The van der Waals surface area contributed by atoms with Crippen LogP contribution in [-0.4, -0.2) is 12.7 Å². The lowest BCUT2D eigenvalue weighted by atomic mass is 10.1. The number of rotatable bonds is 5. The van der Waals surface area contributed by atoms with Crippen molar-refractivity contribution in [2.75, 3.05) is 6.79 Å². The number of halogens is 1. The molecule has 0 saturated heterocycles. The minimum absolute atomic E-state index is 0.267. The number of amides is 1. The highest BCUT2D eigenvalue weighted by Gasteiger charge is 2.12. The van der Waals surface area contributed by atoms with Crippen LogP contribution in [0.4, 0.5) is 0 Å². The van der Waals surface area contributed by atoms with Crippen molar-refractivity contribution in [2.24, 2.45) is 0 Å². The van der Waals surface area contributed by atoms with Gasteiger partial charge >= 0.3 is 0 Å². The Labute approximate surface area is 145 Å². The van der Waals surface area contributed by atoms with Crippen LogP contribution >= 0.6 is 11.6 Å². The molecule has 1 aliphatic rings. The first-order valence-corrected chi connectivity index (χ1v) is 7.87. The summed E-state index contributed by atoms with van der Waals surface area (Å²) in [4.78, 5) is 12.1. The molecule has 0 aliphatic carbocycles. The Hall–Kier alpha value is -2.66. The molecule has 1 heterocycles. The molecule has 0 saturated carbocycles. The fourth-order valence-electron chi connectivity index (χ4n) is 2.26. The quantitative estimate of drug-likeness (QED) is 0.816. The lowest BCUT2D eigenvalue weighted by Crippen LogP contribution is -2.36. The molecule has 2 aromatic rings. The molecule has 2 aromatic carbocycles. The van der Waals surface area contributed by atoms with Gasteiger partial charge in [-0.15, -0.1) is 0 Å². The van der Waals surface area contributed by atoms with Crippen LogP contribution in [0.5, 0.6) is 11.5 Å². The van der Waals surface area contributed by atoms with E-state index in [0.717, 1.165) is 22.8 Å². The molecule has 0 bridgehead atoms. The Balaban J connectivity index is 1.55. The van der Waals surface area contributed by atoms with Crippen LogP contribution in [-0.2, 0) is 6.42 Å². The molecule has 0 atom stereocenters. The fraction of sp³-hybridized carbons (Fsp3) is 0.167. The van der Waals surface area contributed by atoms with Crippen LogP contribution in [0.25, 0.3) is 0 Å². The van der Waals surface area contributed by atoms with Gasteiger partial charge in [-0.05, 0) is 43.2 Å². The number of carbonyl (C=O) groups excluding carboxylic acids is 1. The van der Waals surface area contributed by atoms with Crippen molar-refractivity contribution in [1.82, 2.24) is 10.9 Å². The van der Waals surface area contributed by atoms with Crippen LogP contribution in [0.3, 0.4) is 0 Å². The van der Waals surface area contributed by atoms with Gasteiger partial charge in [0.15, 0.2) is 11.5 Å². The van der Waals surface area contributed by atoms with Crippen LogP contribution in [0.15, 0.2) is 54.2 Å². The Morgan fingerprint density at radius 1 is 1.17 bits per heavy atom. The van der Waals surface area contributed by atoms with E-state index in [1.807, 2.05) is 31.2 Å². The normalized spacial score (nSPS) is 12.8. The van der Waals surface area contributed by atoms with Gasteiger partial charge in [-0.1, -0.05) is 35.9 Å². The van der Waals surface area contributed by atoms with Gasteiger partial charge in [0.2, 0.25) is 6.79 Å². The molecule has 24 heavy (non-hydrogen) atoms. The second kappa shape index (κ2) is 7.27. The third-order valence-electron chi connectivity index (χ3n) is 3.57. The summed E-state index contributed by atoms with van der Waals surface area (Å²) >= 11 is 6.00. The Morgan fingerprint density at radius 3 is 2.79 bits per heavy atom. The molecule has 3 rings (SSSR count). The maximum atomic E-state index is 12.1. The summed E-state index contributed by atoms with van der Waals surface area (Å²) in [7, 11) is 0. The number of hydrazine groups is 1. The molecule has 2 N–H and O–H groups in total. The number of hydrogen-bond donors (Lipinski definition) is 2. The molecular weight excluding hydrogens is 328 g/mol. The largest absolute Gasteiger partial charge is 0.454 e. The standard InChI is InChI=1S/C18H17ClN2O3/c1-12(20-21-18(22)14-4-2-3-5-15(14)19)6-7-13-8-9-16-17(10-13)24-11-23-16/h2-6,8-10,20H,7,11H2,1H3,(H,21,22). The van der Waals surface area contributed by atoms with Gasteiger partial charge in [0.05, 0.1) is 10.6 Å². The maximum Gasteiger partial charge on any atom is 0.271 e. The summed E-state index contributed by atoms with van der Waals surface area (Å²) in [5.74, 6) is 1.25. The minimum atomic E-state index is -0.281. The van der Waals surface area contributed by atoms with E-state index >= 15 is 0 Å². The SMILES string of the molecule is CC(=CCc1ccc2c(c1)OCO2)NNC(=O)c1ccccc1Cl. The first kappa shape index (κ1) is 16.2. The summed E-state index contributed by atoms with van der Waals surface area (Å²) in [5, 5.41) is 0.416. The molecule has 0 spiro atoms. The zero-order chi connectivity index (χ0) is 16.9. The number of benzene rings is 2. The first-order valence-electron chi connectivity index (χ1n) is 7.49. The lowest BCUT2D eigenvalue weighted by Gasteiger charge is -2.10. The van der Waals surface area contributed by atoms with Gasteiger partial charge in [0.1, 0.15) is 0 Å². The van der Waals surface area contributed by atoms with Crippen molar-refractivity contribution in [3.63, 3.8) is 0 Å². The minimum Gasteiger partial charge on any atom is -0.454 e. The number of fused-ring (bicyclic) bond motifs is 1. The number of ether oxygens (including phenoxy) is 2. The Morgan fingerprint density at radius 2 is 1.96 bits per heavy atom. The van der Waals surface area contributed by atoms with E-state index in [1.54, 1.807) is 24.3 Å². The maximum absolute atomic E-state index is 12.1. The molecule has 0 fully saturated rings. The van der Waals surface area contributed by atoms with Crippen molar-refractivity contribution in [2.45, 2.75) is 13.3 Å². The molecule has 1 amide bonds. The molecule has 5 nitrogen and oxygen atoms in total.